The zero-order valence-electron chi connectivity index (χ0n) is 7.31. The summed E-state index contributed by atoms with van der Waals surface area (Å²) in [4.78, 5) is 13.8. The van der Waals surface area contributed by atoms with Crippen molar-refractivity contribution >= 4 is 6.08 Å². The summed E-state index contributed by atoms with van der Waals surface area (Å²) in [5, 5.41) is 0. The minimum Gasteiger partial charge on any atom is -0.211 e. The van der Waals surface area contributed by atoms with E-state index in [2.05, 4.69) is 11.6 Å². The number of benzene rings is 1. The van der Waals surface area contributed by atoms with Crippen LogP contribution in [-0.2, 0) is 4.79 Å². The van der Waals surface area contributed by atoms with Crippen molar-refractivity contribution in [3.05, 3.63) is 48.6 Å². The summed E-state index contributed by atoms with van der Waals surface area (Å²) in [6, 6.07) is 9.52. The van der Waals surface area contributed by atoms with Crippen LogP contribution in [0.25, 0.3) is 0 Å². The van der Waals surface area contributed by atoms with Crippen LogP contribution >= 0.6 is 0 Å². The lowest BCUT2D eigenvalue weighted by Gasteiger charge is -2.06. The highest BCUT2D eigenvalue weighted by Gasteiger charge is 2.06. The summed E-state index contributed by atoms with van der Waals surface area (Å²) in [7, 11) is 0. The van der Waals surface area contributed by atoms with E-state index < -0.39 is 0 Å². The van der Waals surface area contributed by atoms with Crippen molar-refractivity contribution in [2.75, 3.05) is 0 Å². The van der Waals surface area contributed by atoms with Gasteiger partial charge < -0.3 is 0 Å². The first-order chi connectivity index (χ1) is 6.38. The molecule has 0 spiro atoms. The summed E-state index contributed by atoms with van der Waals surface area (Å²) in [5.41, 5.74) is 1.02. The second-order valence-electron chi connectivity index (χ2n) is 2.67. The normalized spacial score (nSPS) is 11.4. The molecule has 0 aliphatic rings. The van der Waals surface area contributed by atoms with Gasteiger partial charge in [-0.25, -0.2) is 4.79 Å². The summed E-state index contributed by atoms with van der Waals surface area (Å²) in [5.74, 6) is 0. The maximum atomic E-state index is 10.1. The summed E-state index contributed by atoms with van der Waals surface area (Å²) >= 11 is 0. The molecule has 0 unspecified atom stereocenters. The minimum atomic E-state index is -0.129. The Morgan fingerprint density at radius 1 is 1.46 bits per heavy atom. The topological polar surface area (TPSA) is 29.4 Å². The van der Waals surface area contributed by atoms with Crippen molar-refractivity contribution in [2.45, 2.75) is 12.5 Å². The van der Waals surface area contributed by atoms with Crippen LogP contribution in [0.3, 0.4) is 0 Å². The zero-order valence-corrected chi connectivity index (χ0v) is 7.31. The van der Waals surface area contributed by atoms with Crippen molar-refractivity contribution in [3.63, 3.8) is 0 Å². The van der Waals surface area contributed by atoms with E-state index in [1.807, 2.05) is 30.3 Å². The van der Waals surface area contributed by atoms with Gasteiger partial charge in [-0.2, -0.15) is 4.99 Å². The minimum absolute atomic E-state index is 0.129. The molecule has 0 aliphatic carbocycles. The number of rotatable bonds is 4. The highest BCUT2D eigenvalue weighted by Crippen LogP contribution is 2.20. The van der Waals surface area contributed by atoms with Gasteiger partial charge in [0.2, 0.25) is 6.08 Å². The zero-order chi connectivity index (χ0) is 9.52. The van der Waals surface area contributed by atoms with Crippen molar-refractivity contribution in [1.29, 1.82) is 0 Å². The Kier molecular flexibility index (Phi) is 3.68. The fourth-order valence-electron chi connectivity index (χ4n) is 1.16. The van der Waals surface area contributed by atoms with Gasteiger partial charge in [-0.15, -0.1) is 6.58 Å². The van der Waals surface area contributed by atoms with Gasteiger partial charge in [-0.05, 0) is 12.0 Å². The molecule has 0 amide bonds. The average molecular weight is 173 g/mol. The van der Waals surface area contributed by atoms with Crippen molar-refractivity contribution < 1.29 is 4.79 Å². The Labute approximate surface area is 77.6 Å². The Balaban J connectivity index is 2.87. The highest BCUT2D eigenvalue weighted by atomic mass is 16.1. The van der Waals surface area contributed by atoms with Crippen LogP contribution in [0.5, 0.6) is 0 Å². The van der Waals surface area contributed by atoms with E-state index in [0.717, 1.165) is 5.56 Å². The number of carbonyl (C=O) groups excluding carboxylic acids is 1. The van der Waals surface area contributed by atoms with Gasteiger partial charge in [0.25, 0.3) is 0 Å². The molecule has 0 saturated carbocycles. The largest absolute Gasteiger partial charge is 0.235 e. The van der Waals surface area contributed by atoms with Crippen LogP contribution in [0.1, 0.15) is 18.0 Å². The predicted octanol–water partition coefficient (Wildman–Crippen LogP) is 2.64. The summed E-state index contributed by atoms with van der Waals surface area (Å²) in [6.07, 6.45) is 3.99. The predicted molar refractivity (Wildman–Crippen MR) is 52.1 cm³/mol. The highest BCUT2D eigenvalue weighted by molar-refractivity contribution is 5.35. The van der Waals surface area contributed by atoms with E-state index in [9.17, 15) is 4.79 Å². The van der Waals surface area contributed by atoms with E-state index in [-0.39, 0.29) is 6.04 Å². The number of nitrogens with zero attached hydrogens (tertiary/aromatic N) is 1. The molecule has 66 valence electrons. The third-order valence-corrected chi connectivity index (χ3v) is 1.78. The molecular formula is C11H11NO. The van der Waals surface area contributed by atoms with Gasteiger partial charge in [0.15, 0.2) is 0 Å². The molecule has 0 bridgehead atoms. The molecule has 1 aromatic carbocycles. The Morgan fingerprint density at radius 3 is 2.69 bits per heavy atom. The van der Waals surface area contributed by atoms with Gasteiger partial charge in [0.05, 0.1) is 6.04 Å². The lowest BCUT2D eigenvalue weighted by atomic mass is 10.1. The van der Waals surface area contributed by atoms with E-state index in [1.165, 1.54) is 0 Å². The summed E-state index contributed by atoms with van der Waals surface area (Å²) in [6.45, 7) is 3.62. The monoisotopic (exact) mass is 173 g/mol. The third kappa shape index (κ3) is 2.69. The van der Waals surface area contributed by atoms with Gasteiger partial charge in [0.1, 0.15) is 0 Å². The molecular weight excluding hydrogens is 162 g/mol. The molecule has 1 atom stereocenters. The average Bonchev–Trinajstić information content (AvgIpc) is 2.19. The molecule has 0 heterocycles. The molecule has 0 fully saturated rings. The first kappa shape index (κ1) is 9.43. The second-order valence-corrected chi connectivity index (χ2v) is 2.67. The third-order valence-electron chi connectivity index (χ3n) is 1.78. The summed E-state index contributed by atoms with van der Waals surface area (Å²) < 4.78 is 0. The smallest absolute Gasteiger partial charge is 0.211 e. The van der Waals surface area contributed by atoms with Crippen LogP contribution in [0.4, 0.5) is 0 Å². The molecule has 13 heavy (non-hydrogen) atoms. The maximum Gasteiger partial charge on any atom is 0.235 e. The molecule has 1 aromatic rings. The van der Waals surface area contributed by atoms with Crippen LogP contribution < -0.4 is 0 Å². The quantitative estimate of drug-likeness (QED) is 0.391. The van der Waals surface area contributed by atoms with Gasteiger partial charge in [-0.3, -0.25) is 0 Å². The van der Waals surface area contributed by atoms with Gasteiger partial charge >= 0.3 is 0 Å². The number of aliphatic imine (C=N–C) groups is 1. The molecule has 0 aromatic heterocycles. The first-order valence-electron chi connectivity index (χ1n) is 4.11. The van der Waals surface area contributed by atoms with E-state index >= 15 is 0 Å². The molecule has 1 rings (SSSR count). The van der Waals surface area contributed by atoms with Crippen LogP contribution in [0.15, 0.2) is 48.0 Å². The van der Waals surface area contributed by atoms with Crippen molar-refractivity contribution in [1.82, 2.24) is 0 Å². The van der Waals surface area contributed by atoms with E-state index in [0.29, 0.717) is 6.42 Å². The lowest BCUT2D eigenvalue weighted by Crippen LogP contribution is -1.92. The van der Waals surface area contributed by atoms with Gasteiger partial charge in [0, 0.05) is 0 Å². The SMILES string of the molecule is C=CC[C@H](N=C=O)c1ccccc1. The molecule has 0 N–H and O–H groups in total. The maximum absolute atomic E-state index is 10.1. The van der Waals surface area contributed by atoms with Crippen molar-refractivity contribution in [2.24, 2.45) is 4.99 Å². The van der Waals surface area contributed by atoms with E-state index in [1.54, 1.807) is 12.2 Å². The molecule has 0 radical (unpaired) electrons. The lowest BCUT2D eigenvalue weighted by molar-refractivity contribution is 0.557. The standard InChI is InChI=1S/C11H11NO/c1-2-6-11(12-9-13)10-7-4-3-5-8-10/h2-5,7-8,11H,1,6H2/t11-/m0/s1. The van der Waals surface area contributed by atoms with Crippen LogP contribution in [0.2, 0.25) is 0 Å². The fraction of sp³-hybridized carbons (Fsp3) is 0.182. The fourth-order valence-corrected chi connectivity index (χ4v) is 1.16. The van der Waals surface area contributed by atoms with E-state index in [4.69, 9.17) is 0 Å². The number of isocyanates is 1. The first-order valence-corrected chi connectivity index (χ1v) is 4.11. The van der Waals surface area contributed by atoms with Crippen molar-refractivity contribution in [3.8, 4) is 0 Å². The second kappa shape index (κ2) is 5.07. The van der Waals surface area contributed by atoms with Crippen LogP contribution in [0, 0.1) is 0 Å². The molecule has 0 saturated heterocycles. The molecule has 0 aliphatic heterocycles. The number of hydrogen-bond donors (Lipinski definition) is 0. The Bertz CT molecular complexity index is 312. The Hall–Kier alpha value is -1.66. The molecule has 2 heteroatoms. The van der Waals surface area contributed by atoms with Gasteiger partial charge in [-0.1, -0.05) is 36.4 Å². The Morgan fingerprint density at radius 2 is 2.15 bits per heavy atom. The molecule has 2 nitrogen and oxygen atoms in total. The van der Waals surface area contributed by atoms with Crippen LogP contribution in [-0.4, -0.2) is 6.08 Å². The number of hydrogen-bond acceptors (Lipinski definition) is 2.